The van der Waals surface area contributed by atoms with Gasteiger partial charge < -0.3 is 5.32 Å². The van der Waals surface area contributed by atoms with Crippen molar-refractivity contribution in [2.75, 3.05) is 23.4 Å². The molecule has 0 aliphatic carbocycles. The Morgan fingerprint density at radius 3 is 2.35 bits per heavy atom. The molecule has 0 atom stereocenters. The van der Waals surface area contributed by atoms with Crippen LogP contribution in [0, 0.1) is 0 Å². The second-order valence-electron chi connectivity index (χ2n) is 4.80. The first-order valence-corrected chi connectivity index (χ1v) is 9.69. The molecule has 1 aliphatic heterocycles. The van der Waals surface area contributed by atoms with Gasteiger partial charge in [0, 0.05) is 40.6 Å². The fourth-order valence-corrected chi connectivity index (χ4v) is 4.76. The van der Waals surface area contributed by atoms with Crippen molar-refractivity contribution in [3.05, 3.63) is 24.3 Å². The Labute approximate surface area is 122 Å². The third-order valence-electron chi connectivity index (χ3n) is 3.26. The Morgan fingerprint density at radius 2 is 1.80 bits per heavy atom. The lowest BCUT2D eigenvalue weighted by atomic mass is 10.2. The SMILES string of the molecule is CCNc1ccc(S(=O)(=O)NC2CCS(=O)CC2)cc1. The van der Waals surface area contributed by atoms with Gasteiger partial charge in [-0.05, 0) is 44.0 Å². The molecule has 1 aliphatic rings. The molecule has 20 heavy (non-hydrogen) atoms. The van der Waals surface area contributed by atoms with E-state index in [1.807, 2.05) is 6.92 Å². The highest BCUT2D eigenvalue weighted by Gasteiger charge is 2.23. The molecule has 1 aromatic rings. The van der Waals surface area contributed by atoms with Crippen molar-refractivity contribution in [3.63, 3.8) is 0 Å². The lowest BCUT2D eigenvalue weighted by Crippen LogP contribution is -2.39. The molecule has 1 saturated heterocycles. The molecular formula is C13H20N2O3S2. The summed E-state index contributed by atoms with van der Waals surface area (Å²) >= 11 is 0. The Kier molecular flexibility index (Phi) is 5.17. The fraction of sp³-hybridized carbons (Fsp3) is 0.538. The lowest BCUT2D eigenvalue weighted by molar-refractivity contribution is 0.522. The molecule has 1 aromatic carbocycles. The molecule has 0 aromatic heterocycles. The van der Waals surface area contributed by atoms with Gasteiger partial charge in [-0.25, -0.2) is 13.1 Å². The number of hydrogen-bond donors (Lipinski definition) is 2. The molecule has 2 N–H and O–H groups in total. The van der Waals surface area contributed by atoms with E-state index >= 15 is 0 Å². The number of sulfonamides is 1. The van der Waals surface area contributed by atoms with Crippen LogP contribution in [0.1, 0.15) is 19.8 Å². The Morgan fingerprint density at radius 1 is 1.20 bits per heavy atom. The van der Waals surface area contributed by atoms with Crippen molar-refractivity contribution < 1.29 is 12.6 Å². The van der Waals surface area contributed by atoms with Crippen molar-refractivity contribution in [2.45, 2.75) is 30.7 Å². The predicted molar refractivity (Wildman–Crippen MR) is 81.8 cm³/mol. The summed E-state index contributed by atoms with van der Waals surface area (Å²) in [6.45, 7) is 2.78. The predicted octanol–water partition coefficient (Wildman–Crippen LogP) is 1.31. The minimum absolute atomic E-state index is 0.105. The van der Waals surface area contributed by atoms with E-state index in [9.17, 15) is 12.6 Å². The topological polar surface area (TPSA) is 75.3 Å². The van der Waals surface area contributed by atoms with Gasteiger partial charge in [0.2, 0.25) is 10.0 Å². The van der Waals surface area contributed by atoms with Crippen LogP contribution in [0.15, 0.2) is 29.2 Å². The average molecular weight is 316 g/mol. The van der Waals surface area contributed by atoms with Crippen molar-refractivity contribution in [3.8, 4) is 0 Å². The molecule has 2 rings (SSSR count). The molecule has 0 saturated carbocycles. The van der Waals surface area contributed by atoms with Crippen LogP contribution in [0.4, 0.5) is 5.69 Å². The fourth-order valence-electron chi connectivity index (χ4n) is 2.16. The van der Waals surface area contributed by atoms with E-state index in [0.717, 1.165) is 12.2 Å². The molecule has 1 fully saturated rings. The van der Waals surface area contributed by atoms with E-state index in [1.54, 1.807) is 24.3 Å². The largest absolute Gasteiger partial charge is 0.385 e. The smallest absolute Gasteiger partial charge is 0.240 e. The maximum absolute atomic E-state index is 12.2. The summed E-state index contributed by atoms with van der Waals surface area (Å²) in [6, 6.07) is 6.61. The molecule has 0 bridgehead atoms. The van der Waals surface area contributed by atoms with Crippen LogP contribution in [0.2, 0.25) is 0 Å². The summed E-state index contributed by atoms with van der Waals surface area (Å²) in [7, 11) is -4.27. The van der Waals surface area contributed by atoms with Gasteiger partial charge in [-0.1, -0.05) is 0 Å². The zero-order valence-electron chi connectivity index (χ0n) is 11.5. The van der Waals surface area contributed by atoms with Crippen molar-refractivity contribution >= 4 is 26.5 Å². The highest BCUT2D eigenvalue weighted by molar-refractivity contribution is 7.89. The van der Waals surface area contributed by atoms with Gasteiger partial charge in [0.15, 0.2) is 0 Å². The highest BCUT2D eigenvalue weighted by atomic mass is 32.2. The minimum Gasteiger partial charge on any atom is -0.385 e. The van der Waals surface area contributed by atoms with Gasteiger partial charge in [-0.2, -0.15) is 0 Å². The Hall–Kier alpha value is -0.920. The zero-order chi connectivity index (χ0) is 14.6. The van der Waals surface area contributed by atoms with Crippen molar-refractivity contribution in [2.24, 2.45) is 0 Å². The summed E-state index contributed by atoms with van der Waals surface area (Å²) in [5, 5.41) is 3.12. The molecule has 0 spiro atoms. The molecule has 0 amide bonds. The maximum atomic E-state index is 12.2. The summed E-state index contributed by atoms with van der Waals surface area (Å²) in [4.78, 5) is 0.269. The van der Waals surface area contributed by atoms with Crippen LogP contribution < -0.4 is 10.0 Å². The van der Waals surface area contributed by atoms with Crippen LogP contribution >= 0.6 is 0 Å². The summed E-state index contributed by atoms with van der Waals surface area (Å²) in [5.74, 6) is 1.15. The van der Waals surface area contributed by atoms with Gasteiger partial charge in [-0.15, -0.1) is 0 Å². The second-order valence-corrected chi connectivity index (χ2v) is 8.21. The van der Waals surface area contributed by atoms with Gasteiger partial charge in [-0.3, -0.25) is 4.21 Å². The van der Waals surface area contributed by atoms with E-state index in [2.05, 4.69) is 10.0 Å². The second kappa shape index (κ2) is 6.69. The maximum Gasteiger partial charge on any atom is 0.240 e. The van der Waals surface area contributed by atoms with E-state index in [4.69, 9.17) is 0 Å². The quantitative estimate of drug-likeness (QED) is 0.859. The molecule has 112 valence electrons. The van der Waals surface area contributed by atoms with Gasteiger partial charge >= 0.3 is 0 Å². The third kappa shape index (κ3) is 4.04. The number of hydrogen-bond acceptors (Lipinski definition) is 4. The average Bonchev–Trinajstić information content (AvgIpc) is 2.42. The molecule has 7 heteroatoms. The Bertz CT molecular complexity index is 560. The lowest BCUT2D eigenvalue weighted by Gasteiger charge is -2.22. The first kappa shape index (κ1) is 15.5. The molecule has 0 unspecified atom stereocenters. The summed E-state index contributed by atoms with van der Waals surface area (Å²) < 4.78 is 38.5. The van der Waals surface area contributed by atoms with Crippen LogP contribution in [0.3, 0.4) is 0 Å². The van der Waals surface area contributed by atoms with Crippen molar-refractivity contribution in [1.82, 2.24) is 4.72 Å². The van der Waals surface area contributed by atoms with Crippen LogP contribution in [-0.2, 0) is 20.8 Å². The number of anilines is 1. The monoisotopic (exact) mass is 316 g/mol. The first-order valence-electron chi connectivity index (χ1n) is 6.72. The van der Waals surface area contributed by atoms with Crippen LogP contribution in [0.5, 0.6) is 0 Å². The number of benzene rings is 1. The normalized spacial score (nSPS) is 23.4. The Balaban J connectivity index is 2.04. The number of rotatable bonds is 5. The standard InChI is InChI=1S/C13H20N2O3S2/c1-2-14-11-3-5-13(6-4-11)20(17,18)15-12-7-9-19(16)10-8-12/h3-6,12,14-15H,2,7-10H2,1H3. The van der Waals surface area contributed by atoms with E-state index < -0.39 is 20.8 Å². The third-order valence-corrected chi connectivity index (χ3v) is 6.17. The number of nitrogens with one attached hydrogen (secondary N) is 2. The molecule has 0 radical (unpaired) electrons. The summed E-state index contributed by atoms with van der Waals surface area (Å²) in [5.41, 5.74) is 0.902. The highest BCUT2D eigenvalue weighted by Crippen LogP contribution is 2.17. The first-order chi connectivity index (χ1) is 9.51. The van der Waals surface area contributed by atoms with Crippen LogP contribution in [0.25, 0.3) is 0 Å². The van der Waals surface area contributed by atoms with E-state index in [-0.39, 0.29) is 10.9 Å². The summed E-state index contributed by atoms with van der Waals surface area (Å²) in [6.07, 6.45) is 1.28. The van der Waals surface area contributed by atoms with Gasteiger partial charge in [0.25, 0.3) is 0 Å². The van der Waals surface area contributed by atoms with Gasteiger partial charge in [0.1, 0.15) is 0 Å². The van der Waals surface area contributed by atoms with E-state index in [1.165, 1.54) is 0 Å². The van der Waals surface area contributed by atoms with Crippen molar-refractivity contribution in [1.29, 1.82) is 0 Å². The minimum atomic E-state index is -3.49. The molecule has 1 heterocycles. The molecule has 5 nitrogen and oxygen atoms in total. The molecular weight excluding hydrogens is 296 g/mol. The van der Waals surface area contributed by atoms with E-state index in [0.29, 0.717) is 24.3 Å². The zero-order valence-corrected chi connectivity index (χ0v) is 13.1. The van der Waals surface area contributed by atoms with Crippen LogP contribution in [-0.4, -0.2) is 36.7 Å². The van der Waals surface area contributed by atoms with Gasteiger partial charge in [0.05, 0.1) is 4.90 Å².